The Morgan fingerprint density at radius 1 is 1.14 bits per heavy atom. The van der Waals surface area contributed by atoms with Gasteiger partial charge >= 0.3 is 0 Å². The fraction of sp³-hybridized carbons (Fsp3) is 0.0625. The standard InChI is InChI=1S/C16H11FN2O2S/c1-11-2-4-14(5-3-11)22(20,21)19-7-6-13-8-12(10-18)9-15(17)16(13)19/h2-9H,1H3. The molecule has 0 saturated carbocycles. The zero-order valence-corrected chi connectivity index (χ0v) is 12.4. The average Bonchev–Trinajstić information content (AvgIpc) is 2.92. The van der Waals surface area contributed by atoms with Gasteiger partial charge in [-0.3, -0.25) is 0 Å². The fourth-order valence-corrected chi connectivity index (χ4v) is 3.65. The van der Waals surface area contributed by atoms with Crippen LogP contribution in [0.5, 0.6) is 0 Å². The second-order valence-electron chi connectivity index (χ2n) is 4.94. The Bertz CT molecular complexity index is 1010. The predicted molar refractivity (Wildman–Crippen MR) is 80.4 cm³/mol. The van der Waals surface area contributed by atoms with Crippen LogP contribution in [0, 0.1) is 24.1 Å². The molecular formula is C16H11FN2O2S. The number of hydrogen-bond acceptors (Lipinski definition) is 3. The molecule has 3 aromatic rings. The van der Waals surface area contributed by atoms with Crippen molar-refractivity contribution in [1.29, 1.82) is 5.26 Å². The number of benzene rings is 2. The van der Waals surface area contributed by atoms with Crippen LogP contribution >= 0.6 is 0 Å². The van der Waals surface area contributed by atoms with Gasteiger partial charge in [0.1, 0.15) is 5.82 Å². The van der Waals surface area contributed by atoms with E-state index < -0.39 is 15.8 Å². The number of aryl methyl sites for hydroxylation is 1. The van der Waals surface area contributed by atoms with E-state index in [1.165, 1.54) is 30.5 Å². The topological polar surface area (TPSA) is 62.9 Å². The number of nitrogens with zero attached hydrogens (tertiary/aromatic N) is 2. The third-order valence-corrected chi connectivity index (χ3v) is 5.10. The minimum absolute atomic E-state index is 0.0559. The van der Waals surface area contributed by atoms with Gasteiger partial charge in [0.15, 0.2) is 0 Å². The van der Waals surface area contributed by atoms with Crippen molar-refractivity contribution in [2.75, 3.05) is 0 Å². The van der Waals surface area contributed by atoms with E-state index in [0.29, 0.717) is 5.39 Å². The fourth-order valence-electron chi connectivity index (χ4n) is 2.29. The maximum absolute atomic E-state index is 14.2. The highest BCUT2D eigenvalue weighted by Gasteiger charge is 2.21. The first-order valence-electron chi connectivity index (χ1n) is 6.46. The molecule has 0 atom stereocenters. The summed E-state index contributed by atoms with van der Waals surface area (Å²) in [6, 6.07) is 12.1. The third kappa shape index (κ3) is 2.16. The van der Waals surface area contributed by atoms with Crippen LogP contribution in [0.4, 0.5) is 4.39 Å². The van der Waals surface area contributed by atoms with Crippen LogP contribution in [0.15, 0.2) is 53.6 Å². The van der Waals surface area contributed by atoms with Gasteiger partial charge in [0.25, 0.3) is 10.0 Å². The second kappa shape index (κ2) is 4.97. The summed E-state index contributed by atoms with van der Waals surface area (Å²) in [5.74, 6) is -0.741. The van der Waals surface area contributed by atoms with Gasteiger partial charge in [0, 0.05) is 11.6 Å². The van der Waals surface area contributed by atoms with Crippen LogP contribution in [0.2, 0.25) is 0 Å². The Kier molecular flexibility index (Phi) is 3.23. The van der Waals surface area contributed by atoms with Gasteiger partial charge in [-0.25, -0.2) is 16.8 Å². The number of fused-ring (bicyclic) bond motifs is 1. The van der Waals surface area contributed by atoms with E-state index in [0.717, 1.165) is 15.6 Å². The Balaban J connectivity index is 2.26. The van der Waals surface area contributed by atoms with Gasteiger partial charge in [0.2, 0.25) is 0 Å². The molecule has 0 fully saturated rings. The van der Waals surface area contributed by atoms with Crippen LogP contribution in [-0.4, -0.2) is 12.4 Å². The predicted octanol–water partition coefficient (Wildman–Crippen LogP) is 3.20. The van der Waals surface area contributed by atoms with E-state index in [1.807, 2.05) is 13.0 Å². The molecule has 0 N–H and O–H groups in total. The Hall–Kier alpha value is -2.65. The van der Waals surface area contributed by atoms with Crippen molar-refractivity contribution in [3.8, 4) is 6.07 Å². The molecule has 0 radical (unpaired) electrons. The van der Waals surface area contributed by atoms with Gasteiger partial charge in [-0.15, -0.1) is 0 Å². The first kappa shape index (κ1) is 14.3. The van der Waals surface area contributed by atoms with Crippen LogP contribution in [0.1, 0.15) is 11.1 Å². The van der Waals surface area contributed by atoms with Gasteiger partial charge in [-0.05, 0) is 37.3 Å². The maximum atomic E-state index is 14.2. The average molecular weight is 314 g/mol. The van der Waals surface area contributed by atoms with Crippen molar-refractivity contribution in [3.05, 3.63) is 65.6 Å². The van der Waals surface area contributed by atoms with Crippen molar-refractivity contribution >= 4 is 20.9 Å². The molecule has 1 aromatic heterocycles. The molecule has 0 saturated heterocycles. The monoisotopic (exact) mass is 314 g/mol. The summed E-state index contributed by atoms with van der Waals surface area (Å²) in [5.41, 5.74) is 1.02. The van der Waals surface area contributed by atoms with Crippen molar-refractivity contribution < 1.29 is 12.8 Å². The minimum Gasteiger partial charge on any atom is -0.238 e. The first-order valence-corrected chi connectivity index (χ1v) is 7.90. The molecule has 6 heteroatoms. The molecule has 1 heterocycles. The lowest BCUT2D eigenvalue weighted by molar-refractivity contribution is 0.586. The Labute approximate surface area is 127 Å². The van der Waals surface area contributed by atoms with E-state index in [4.69, 9.17) is 5.26 Å². The quantitative estimate of drug-likeness (QED) is 0.729. The summed E-state index contributed by atoms with van der Waals surface area (Å²) in [5, 5.41) is 9.22. The minimum atomic E-state index is -3.89. The van der Waals surface area contributed by atoms with E-state index in [9.17, 15) is 12.8 Å². The molecule has 0 amide bonds. The number of halogens is 1. The highest BCUT2D eigenvalue weighted by molar-refractivity contribution is 7.90. The summed E-state index contributed by atoms with van der Waals surface area (Å²) >= 11 is 0. The summed E-state index contributed by atoms with van der Waals surface area (Å²) < 4.78 is 40.4. The van der Waals surface area contributed by atoms with Crippen LogP contribution in [0.3, 0.4) is 0 Å². The molecular weight excluding hydrogens is 303 g/mol. The molecule has 110 valence electrons. The summed E-state index contributed by atoms with van der Waals surface area (Å²) in [4.78, 5) is 0.0827. The van der Waals surface area contributed by atoms with Crippen molar-refractivity contribution in [1.82, 2.24) is 3.97 Å². The highest BCUT2D eigenvalue weighted by atomic mass is 32.2. The molecule has 0 aliphatic heterocycles. The van der Waals surface area contributed by atoms with Gasteiger partial charge in [0.05, 0.1) is 22.0 Å². The molecule has 0 bridgehead atoms. The summed E-state index contributed by atoms with van der Waals surface area (Å²) in [7, 11) is -3.89. The maximum Gasteiger partial charge on any atom is 0.268 e. The molecule has 0 spiro atoms. The molecule has 0 aliphatic carbocycles. The second-order valence-corrected chi connectivity index (χ2v) is 6.75. The normalized spacial score (nSPS) is 11.5. The summed E-state index contributed by atoms with van der Waals surface area (Å²) in [6.45, 7) is 1.85. The van der Waals surface area contributed by atoms with Crippen molar-refractivity contribution in [3.63, 3.8) is 0 Å². The Morgan fingerprint density at radius 2 is 1.82 bits per heavy atom. The molecule has 3 rings (SSSR count). The summed E-state index contributed by atoms with van der Waals surface area (Å²) in [6.07, 6.45) is 1.30. The third-order valence-electron chi connectivity index (χ3n) is 3.41. The lowest BCUT2D eigenvalue weighted by atomic mass is 10.2. The van der Waals surface area contributed by atoms with E-state index in [-0.39, 0.29) is 16.0 Å². The van der Waals surface area contributed by atoms with E-state index >= 15 is 0 Å². The van der Waals surface area contributed by atoms with Crippen LogP contribution in [0.25, 0.3) is 10.9 Å². The zero-order valence-electron chi connectivity index (χ0n) is 11.6. The van der Waals surface area contributed by atoms with E-state index in [1.54, 1.807) is 12.1 Å². The van der Waals surface area contributed by atoms with Crippen LogP contribution in [-0.2, 0) is 10.0 Å². The van der Waals surface area contributed by atoms with Gasteiger partial charge in [-0.2, -0.15) is 5.26 Å². The van der Waals surface area contributed by atoms with Crippen LogP contribution < -0.4 is 0 Å². The van der Waals surface area contributed by atoms with Gasteiger partial charge in [-0.1, -0.05) is 17.7 Å². The molecule has 22 heavy (non-hydrogen) atoms. The molecule has 2 aromatic carbocycles. The lowest BCUT2D eigenvalue weighted by Gasteiger charge is -2.08. The molecule has 0 unspecified atom stereocenters. The van der Waals surface area contributed by atoms with Gasteiger partial charge < -0.3 is 0 Å². The molecule has 0 aliphatic rings. The first-order chi connectivity index (χ1) is 10.4. The van der Waals surface area contributed by atoms with Crippen molar-refractivity contribution in [2.24, 2.45) is 0 Å². The lowest BCUT2D eigenvalue weighted by Crippen LogP contribution is -2.12. The number of nitriles is 1. The SMILES string of the molecule is Cc1ccc(S(=O)(=O)n2ccc3cc(C#N)cc(F)c32)cc1. The Morgan fingerprint density at radius 3 is 2.45 bits per heavy atom. The number of rotatable bonds is 2. The van der Waals surface area contributed by atoms with Crippen molar-refractivity contribution in [2.45, 2.75) is 11.8 Å². The highest BCUT2D eigenvalue weighted by Crippen LogP contribution is 2.25. The number of aromatic nitrogens is 1. The number of hydrogen-bond donors (Lipinski definition) is 0. The smallest absolute Gasteiger partial charge is 0.238 e. The molecule has 4 nitrogen and oxygen atoms in total. The zero-order chi connectivity index (χ0) is 15.9. The largest absolute Gasteiger partial charge is 0.268 e. The van der Waals surface area contributed by atoms with E-state index in [2.05, 4.69) is 0 Å².